The van der Waals surface area contributed by atoms with Gasteiger partial charge < -0.3 is 19.4 Å². The summed E-state index contributed by atoms with van der Waals surface area (Å²) < 4.78 is 52.7. The second-order valence-corrected chi connectivity index (χ2v) is 7.22. The molecule has 2 aliphatic heterocycles. The van der Waals surface area contributed by atoms with E-state index in [2.05, 4.69) is 15.0 Å². The van der Waals surface area contributed by atoms with Crippen molar-refractivity contribution in [3.8, 4) is 11.1 Å². The monoisotopic (exact) mass is 418 g/mol. The molecule has 5 heterocycles. The number of hydrogen-bond donors (Lipinski definition) is 1. The molecule has 1 atom stereocenters. The van der Waals surface area contributed by atoms with Gasteiger partial charge in [0.05, 0.1) is 55.8 Å². The molecule has 1 N–H and O–H groups in total. The summed E-state index contributed by atoms with van der Waals surface area (Å²) >= 11 is 0. The summed E-state index contributed by atoms with van der Waals surface area (Å²) in [7, 11) is 0. The standard InChI is InChI=1S/C20H17F3N4O3/c21-20(22,23)18-13-1-2-24-19(13)26-8-14(18)11-5-16-15(25-7-11)6-17(28)27(16)9-12-10-29-3-4-30-12/h1-2,5,7-8,12H,3-4,6,9-10H2,(H,24,26)/t12-/m0/s1. The van der Waals surface area contributed by atoms with Crippen LogP contribution >= 0.6 is 0 Å². The number of aromatic nitrogens is 3. The highest BCUT2D eigenvalue weighted by molar-refractivity contribution is 6.01. The minimum absolute atomic E-state index is 0.0128. The molecule has 7 nitrogen and oxygen atoms in total. The van der Waals surface area contributed by atoms with Crippen LogP contribution in [0.4, 0.5) is 18.9 Å². The quantitative estimate of drug-likeness (QED) is 0.708. The number of pyridine rings is 2. The van der Waals surface area contributed by atoms with Gasteiger partial charge in [-0.05, 0) is 12.1 Å². The zero-order valence-corrected chi connectivity index (χ0v) is 15.7. The smallest absolute Gasteiger partial charge is 0.376 e. The molecule has 3 aromatic rings. The topological polar surface area (TPSA) is 80.3 Å². The Morgan fingerprint density at radius 2 is 2.10 bits per heavy atom. The van der Waals surface area contributed by atoms with E-state index in [4.69, 9.17) is 9.47 Å². The van der Waals surface area contributed by atoms with E-state index in [-0.39, 0.29) is 47.1 Å². The van der Waals surface area contributed by atoms with E-state index in [0.717, 1.165) is 0 Å². The first-order chi connectivity index (χ1) is 14.4. The van der Waals surface area contributed by atoms with Crippen LogP contribution in [0.3, 0.4) is 0 Å². The molecule has 0 radical (unpaired) electrons. The van der Waals surface area contributed by atoms with Gasteiger partial charge in [0, 0.05) is 35.1 Å². The first kappa shape index (κ1) is 19.0. The molecule has 0 spiro atoms. The molecule has 0 bridgehead atoms. The summed E-state index contributed by atoms with van der Waals surface area (Å²) in [5.74, 6) is -0.168. The maximum atomic E-state index is 13.9. The lowest BCUT2D eigenvalue weighted by atomic mass is 10.00. The lowest BCUT2D eigenvalue weighted by molar-refractivity contribution is -0.135. The molecule has 2 aliphatic rings. The van der Waals surface area contributed by atoms with Crippen molar-refractivity contribution in [1.29, 1.82) is 0 Å². The molecule has 0 aliphatic carbocycles. The zero-order valence-electron chi connectivity index (χ0n) is 15.7. The molecule has 1 fully saturated rings. The van der Waals surface area contributed by atoms with Crippen molar-refractivity contribution in [1.82, 2.24) is 15.0 Å². The molecule has 1 amide bonds. The van der Waals surface area contributed by atoms with Crippen molar-refractivity contribution in [2.24, 2.45) is 0 Å². The molecule has 3 aromatic heterocycles. The number of aromatic amines is 1. The van der Waals surface area contributed by atoms with E-state index in [1.807, 2.05) is 0 Å². The van der Waals surface area contributed by atoms with Crippen molar-refractivity contribution in [3.63, 3.8) is 0 Å². The van der Waals surface area contributed by atoms with Crippen molar-refractivity contribution in [2.45, 2.75) is 18.7 Å². The number of alkyl halides is 3. The summed E-state index contributed by atoms with van der Waals surface area (Å²) in [5, 5.41) is -0.0128. The molecule has 0 saturated carbocycles. The van der Waals surface area contributed by atoms with E-state index < -0.39 is 11.7 Å². The third-order valence-corrected chi connectivity index (χ3v) is 5.31. The molecule has 156 valence electrons. The molecule has 30 heavy (non-hydrogen) atoms. The second-order valence-electron chi connectivity index (χ2n) is 7.22. The normalized spacial score (nSPS) is 19.5. The Labute approximate surface area is 168 Å². The van der Waals surface area contributed by atoms with Gasteiger partial charge in [0.15, 0.2) is 0 Å². The Bertz CT molecular complexity index is 1120. The summed E-state index contributed by atoms with van der Waals surface area (Å²) in [4.78, 5) is 25.1. The van der Waals surface area contributed by atoms with Crippen LogP contribution < -0.4 is 4.90 Å². The number of rotatable bonds is 3. The number of carbonyl (C=O) groups excluding carboxylic acids is 1. The zero-order chi connectivity index (χ0) is 20.9. The molecular weight excluding hydrogens is 401 g/mol. The van der Waals surface area contributed by atoms with Crippen molar-refractivity contribution in [2.75, 3.05) is 31.3 Å². The predicted octanol–water partition coefficient (Wildman–Crippen LogP) is 2.95. The molecule has 10 heteroatoms. The van der Waals surface area contributed by atoms with E-state index in [9.17, 15) is 18.0 Å². The van der Waals surface area contributed by atoms with Gasteiger partial charge in [0.2, 0.25) is 5.91 Å². The van der Waals surface area contributed by atoms with Crippen LogP contribution in [-0.2, 0) is 26.9 Å². The second kappa shape index (κ2) is 7.06. The number of amides is 1. The van der Waals surface area contributed by atoms with Gasteiger partial charge in [-0.1, -0.05) is 0 Å². The van der Waals surface area contributed by atoms with Gasteiger partial charge in [0.25, 0.3) is 0 Å². The lowest BCUT2D eigenvalue weighted by Crippen LogP contribution is -2.41. The average Bonchev–Trinajstić information content (AvgIpc) is 3.31. The molecule has 1 saturated heterocycles. The van der Waals surface area contributed by atoms with Crippen LogP contribution in [-0.4, -0.2) is 53.3 Å². The summed E-state index contributed by atoms with van der Waals surface area (Å²) in [5.41, 5.74) is 0.569. The number of H-pyrrole nitrogens is 1. The van der Waals surface area contributed by atoms with Gasteiger partial charge in [-0.15, -0.1) is 0 Å². The van der Waals surface area contributed by atoms with Crippen LogP contribution in [0, 0.1) is 0 Å². The number of fused-ring (bicyclic) bond motifs is 2. The number of nitrogens with one attached hydrogen (secondary N) is 1. The van der Waals surface area contributed by atoms with E-state index >= 15 is 0 Å². The third kappa shape index (κ3) is 3.21. The van der Waals surface area contributed by atoms with Crippen LogP contribution in [0.5, 0.6) is 0 Å². The van der Waals surface area contributed by atoms with E-state index in [1.54, 1.807) is 6.07 Å². The van der Waals surface area contributed by atoms with Crippen LogP contribution in [0.15, 0.2) is 30.7 Å². The molecule has 0 unspecified atom stereocenters. The van der Waals surface area contributed by atoms with E-state index in [0.29, 0.717) is 31.2 Å². The molecule has 0 aromatic carbocycles. The largest absolute Gasteiger partial charge is 0.417 e. The Balaban J connectivity index is 1.57. The van der Waals surface area contributed by atoms with Crippen molar-refractivity contribution < 1.29 is 27.4 Å². The van der Waals surface area contributed by atoms with Crippen LogP contribution in [0.2, 0.25) is 0 Å². The minimum atomic E-state index is -4.58. The fraction of sp³-hybridized carbons (Fsp3) is 0.350. The van der Waals surface area contributed by atoms with Crippen LogP contribution in [0.1, 0.15) is 11.3 Å². The van der Waals surface area contributed by atoms with E-state index in [1.165, 1.54) is 29.6 Å². The number of anilines is 1. The first-order valence-corrected chi connectivity index (χ1v) is 9.44. The number of hydrogen-bond acceptors (Lipinski definition) is 5. The highest BCUT2D eigenvalue weighted by Gasteiger charge is 2.37. The Morgan fingerprint density at radius 1 is 1.23 bits per heavy atom. The number of nitrogens with zero attached hydrogens (tertiary/aromatic N) is 3. The van der Waals surface area contributed by atoms with Gasteiger partial charge in [-0.2, -0.15) is 13.2 Å². The van der Waals surface area contributed by atoms with Crippen molar-refractivity contribution >= 4 is 22.6 Å². The Morgan fingerprint density at radius 3 is 2.87 bits per heavy atom. The average molecular weight is 418 g/mol. The number of halogens is 3. The maximum absolute atomic E-state index is 13.9. The lowest BCUT2D eigenvalue weighted by Gasteiger charge is -2.27. The highest BCUT2D eigenvalue weighted by Crippen LogP contribution is 2.42. The van der Waals surface area contributed by atoms with Crippen molar-refractivity contribution in [3.05, 3.63) is 42.0 Å². The molecular formula is C20H17F3N4O3. The molecule has 5 rings (SSSR count). The third-order valence-electron chi connectivity index (χ3n) is 5.31. The number of ether oxygens (including phenoxy) is 2. The van der Waals surface area contributed by atoms with Gasteiger partial charge in [-0.25, -0.2) is 4.98 Å². The summed E-state index contributed by atoms with van der Waals surface area (Å²) in [6.45, 7) is 1.56. The Kier molecular flexibility index (Phi) is 4.48. The number of carbonyl (C=O) groups is 1. The fourth-order valence-electron chi connectivity index (χ4n) is 3.95. The highest BCUT2D eigenvalue weighted by atomic mass is 19.4. The maximum Gasteiger partial charge on any atom is 0.417 e. The van der Waals surface area contributed by atoms with Gasteiger partial charge in [-0.3, -0.25) is 9.78 Å². The fourth-order valence-corrected chi connectivity index (χ4v) is 3.95. The van der Waals surface area contributed by atoms with Crippen LogP contribution in [0.25, 0.3) is 22.2 Å². The SMILES string of the molecule is O=C1Cc2ncc(-c3cnc4[nH]ccc4c3C(F)(F)F)cc2N1C[C@H]1COCCO1. The first-order valence-electron chi connectivity index (χ1n) is 9.44. The summed E-state index contributed by atoms with van der Waals surface area (Å²) in [6.07, 6.45) is -0.805. The van der Waals surface area contributed by atoms with Gasteiger partial charge >= 0.3 is 6.18 Å². The Hall–Kier alpha value is -2.98. The van der Waals surface area contributed by atoms with Gasteiger partial charge in [0.1, 0.15) is 5.65 Å². The summed E-state index contributed by atoms with van der Waals surface area (Å²) in [6, 6.07) is 2.92. The predicted molar refractivity (Wildman–Crippen MR) is 101 cm³/mol. The minimum Gasteiger partial charge on any atom is -0.376 e.